The fourth-order valence-corrected chi connectivity index (χ4v) is 1.86. The lowest BCUT2D eigenvalue weighted by Crippen LogP contribution is -2.02. The van der Waals surface area contributed by atoms with Gasteiger partial charge in [0.1, 0.15) is 12.1 Å². The van der Waals surface area contributed by atoms with Crippen LogP contribution in [0.25, 0.3) is 0 Å². The summed E-state index contributed by atoms with van der Waals surface area (Å²) in [5.41, 5.74) is 2.83. The Morgan fingerprint density at radius 2 is 2.36 bits per heavy atom. The fraction of sp³-hybridized carbons (Fsp3) is 0.125. The largest absolute Gasteiger partial charge is 0.363 e. The van der Waals surface area contributed by atoms with Crippen LogP contribution in [-0.4, -0.2) is 15.0 Å². The maximum Gasteiger partial charge on any atom is 0.144 e. The van der Waals surface area contributed by atoms with Gasteiger partial charge in [-0.2, -0.15) is 0 Å². The predicted molar refractivity (Wildman–Crippen MR) is 59.2 cm³/mol. The number of hydrogen-bond acceptors (Lipinski definition) is 5. The van der Waals surface area contributed by atoms with Gasteiger partial charge in [-0.25, -0.2) is 15.0 Å². The van der Waals surface area contributed by atoms with Gasteiger partial charge in [0.2, 0.25) is 0 Å². The second kappa shape index (κ2) is 4.47. The normalized spacial score (nSPS) is 10.1. The highest BCUT2D eigenvalue weighted by Gasteiger charge is 2.00. The average Bonchev–Trinajstić information content (AvgIpc) is 2.69. The van der Waals surface area contributed by atoms with Crippen LogP contribution in [0.3, 0.4) is 0 Å². The zero-order valence-corrected chi connectivity index (χ0v) is 9.55. The van der Waals surface area contributed by atoms with Crippen LogP contribution in [0.15, 0.2) is 27.9 Å². The van der Waals surface area contributed by atoms with Crippen LogP contribution in [-0.2, 0) is 6.54 Å². The molecule has 0 radical (unpaired) electrons. The van der Waals surface area contributed by atoms with Crippen LogP contribution >= 0.6 is 27.3 Å². The minimum Gasteiger partial charge on any atom is -0.363 e. The Kier molecular flexibility index (Phi) is 3.05. The standard InChI is InChI=1S/C8H7BrN4S/c9-7-2-10-4-12-8(7)11-1-6-3-14-5-13-6/h2-5H,1H2,(H,10,11,12). The average molecular weight is 271 g/mol. The van der Waals surface area contributed by atoms with E-state index >= 15 is 0 Å². The number of aromatic nitrogens is 3. The number of nitrogens with one attached hydrogen (secondary N) is 1. The smallest absolute Gasteiger partial charge is 0.144 e. The lowest BCUT2D eigenvalue weighted by atomic mass is 10.4. The lowest BCUT2D eigenvalue weighted by molar-refractivity contribution is 1.03. The van der Waals surface area contributed by atoms with Crippen molar-refractivity contribution in [2.45, 2.75) is 6.54 Å². The van der Waals surface area contributed by atoms with E-state index in [2.05, 4.69) is 36.2 Å². The highest BCUT2D eigenvalue weighted by molar-refractivity contribution is 9.10. The van der Waals surface area contributed by atoms with Crippen molar-refractivity contribution in [2.24, 2.45) is 0 Å². The second-order valence-electron chi connectivity index (χ2n) is 2.55. The predicted octanol–water partition coefficient (Wildman–Crippen LogP) is 2.31. The minimum absolute atomic E-state index is 0.680. The van der Waals surface area contributed by atoms with Crippen LogP contribution in [0.1, 0.15) is 5.69 Å². The third-order valence-electron chi connectivity index (χ3n) is 1.59. The van der Waals surface area contributed by atoms with Crippen LogP contribution in [0.2, 0.25) is 0 Å². The van der Waals surface area contributed by atoms with E-state index in [1.807, 2.05) is 10.9 Å². The van der Waals surface area contributed by atoms with Gasteiger partial charge in [0.25, 0.3) is 0 Å². The van der Waals surface area contributed by atoms with Crippen molar-refractivity contribution in [1.29, 1.82) is 0 Å². The quantitative estimate of drug-likeness (QED) is 0.930. The molecule has 0 saturated heterocycles. The lowest BCUT2D eigenvalue weighted by Gasteiger charge is -2.03. The molecule has 1 N–H and O–H groups in total. The molecule has 14 heavy (non-hydrogen) atoms. The fourth-order valence-electron chi connectivity index (χ4n) is 0.942. The molecule has 0 spiro atoms. The molecule has 0 aromatic carbocycles. The molecule has 72 valence electrons. The van der Waals surface area contributed by atoms with E-state index in [1.54, 1.807) is 17.5 Å². The molecule has 0 fully saturated rings. The summed E-state index contributed by atoms with van der Waals surface area (Å²) in [6.07, 6.45) is 3.21. The summed E-state index contributed by atoms with van der Waals surface area (Å²) in [5, 5.41) is 5.16. The summed E-state index contributed by atoms with van der Waals surface area (Å²) in [7, 11) is 0. The number of hydrogen-bond donors (Lipinski definition) is 1. The van der Waals surface area contributed by atoms with Crippen LogP contribution in [0.5, 0.6) is 0 Å². The highest BCUT2D eigenvalue weighted by atomic mass is 79.9. The van der Waals surface area contributed by atoms with Crippen molar-refractivity contribution in [3.05, 3.63) is 33.6 Å². The maximum atomic E-state index is 4.16. The first-order valence-corrected chi connectivity index (χ1v) is 5.66. The van der Waals surface area contributed by atoms with Crippen molar-refractivity contribution in [2.75, 3.05) is 5.32 Å². The van der Waals surface area contributed by atoms with Gasteiger partial charge in [-0.3, -0.25) is 0 Å². The molecule has 2 aromatic rings. The van der Waals surface area contributed by atoms with Crippen molar-refractivity contribution in [3.63, 3.8) is 0 Å². The maximum absolute atomic E-state index is 4.16. The molecule has 0 aliphatic rings. The van der Waals surface area contributed by atoms with E-state index < -0.39 is 0 Å². The highest BCUT2D eigenvalue weighted by Crippen LogP contribution is 2.17. The molecule has 2 aromatic heterocycles. The summed E-state index contributed by atoms with van der Waals surface area (Å²) in [4.78, 5) is 12.1. The van der Waals surface area contributed by atoms with Gasteiger partial charge < -0.3 is 5.32 Å². The second-order valence-corrected chi connectivity index (χ2v) is 4.13. The molecule has 4 nitrogen and oxygen atoms in total. The Morgan fingerprint density at radius 3 is 3.07 bits per heavy atom. The van der Waals surface area contributed by atoms with Crippen LogP contribution in [0, 0.1) is 0 Å². The number of nitrogens with zero attached hydrogens (tertiary/aromatic N) is 3. The third kappa shape index (κ3) is 2.27. The molecular weight excluding hydrogens is 264 g/mol. The molecule has 0 aliphatic heterocycles. The van der Waals surface area contributed by atoms with E-state index in [1.165, 1.54) is 6.33 Å². The first-order chi connectivity index (χ1) is 6.86. The number of rotatable bonds is 3. The number of anilines is 1. The molecule has 0 unspecified atom stereocenters. The number of halogens is 1. The summed E-state index contributed by atoms with van der Waals surface area (Å²) >= 11 is 4.94. The monoisotopic (exact) mass is 270 g/mol. The zero-order valence-electron chi connectivity index (χ0n) is 7.14. The molecule has 2 rings (SSSR count). The van der Waals surface area contributed by atoms with Gasteiger partial charge in [-0.1, -0.05) is 0 Å². The molecule has 0 bridgehead atoms. The Bertz CT molecular complexity index is 403. The van der Waals surface area contributed by atoms with Crippen molar-refractivity contribution in [1.82, 2.24) is 15.0 Å². The molecule has 0 saturated carbocycles. The Labute approximate surface area is 93.6 Å². The van der Waals surface area contributed by atoms with Crippen LogP contribution in [0.4, 0.5) is 5.82 Å². The Morgan fingerprint density at radius 1 is 1.43 bits per heavy atom. The number of thiazole rings is 1. The minimum atomic E-state index is 0.680. The molecule has 0 atom stereocenters. The van der Waals surface area contributed by atoms with Gasteiger partial charge in [0.15, 0.2) is 0 Å². The van der Waals surface area contributed by atoms with E-state index in [9.17, 15) is 0 Å². The molecule has 2 heterocycles. The van der Waals surface area contributed by atoms with Gasteiger partial charge in [-0.05, 0) is 15.9 Å². The Balaban J connectivity index is 2.02. The van der Waals surface area contributed by atoms with E-state index in [0.29, 0.717) is 6.54 Å². The summed E-state index contributed by atoms with van der Waals surface area (Å²) in [6, 6.07) is 0. The molecule has 0 aliphatic carbocycles. The van der Waals surface area contributed by atoms with E-state index in [0.717, 1.165) is 16.0 Å². The van der Waals surface area contributed by atoms with E-state index in [4.69, 9.17) is 0 Å². The summed E-state index contributed by atoms with van der Waals surface area (Å²) < 4.78 is 0.857. The zero-order chi connectivity index (χ0) is 9.80. The summed E-state index contributed by atoms with van der Waals surface area (Å²) in [6.45, 7) is 0.680. The Hall–Kier alpha value is -1.01. The van der Waals surface area contributed by atoms with Crippen molar-refractivity contribution in [3.8, 4) is 0 Å². The van der Waals surface area contributed by atoms with Gasteiger partial charge in [0, 0.05) is 11.6 Å². The third-order valence-corrected chi connectivity index (χ3v) is 2.80. The molecule has 0 amide bonds. The SMILES string of the molecule is Brc1cncnc1NCc1cscn1. The first-order valence-electron chi connectivity index (χ1n) is 3.92. The first kappa shape index (κ1) is 9.54. The van der Waals surface area contributed by atoms with Crippen LogP contribution < -0.4 is 5.32 Å². The van der Waals surface area contributed by atoms with Crippen molar-refractivity contribution >= 4 is 33.1 Å². The van der Waals surface area contributed by atoms with Gasteiger partial charge >= 0.3 is 0 Å². The molecular formula is C8H7BrN4S. The topological polar surface area (TPSA) is 50.7 Å². The molecule has 6 heteroatoms. The van der Waals surface area contributed by atoms with E-state index in [-0.39, 0.29) is 0 Å². The van der Waals surface area contributed by atoms with Gasteiger partial charge in [-0.15, -0.1) is 11.3 Å². The summed E-state index contributed by atoms with van der Waals surface area (Å²) in [5.74, 6) is 0.785. The van der Waals surface area contributed by atoms with Gasteiger partial charge in [0.05, 0.1) is 22.2 Å². The van der Waals surface area contributed by atoms with Crippen molar-refractivity contribution < 1.29 is 0 Å².